The van der Waals surface area contributed by atoms with Gasteiger partial charge in [0.1, 0.15) is 12.1 Å². The zero-order chi connectivity index (χ0) is 17.4. The molecule has 0 radical (unpaired) electrons. The van der Waals surface area contributed by atoms with Gasteiger partial charge in [0.15, 0.2) is 17.1 Å². The van der Waals surface area contributed by atoms with Crippen molar-refractivity contribution in [3.05, 3.63) is 35.8 Å². The van der Waals surface area contributed by atoms with Crippen LogP contribution in [0.2, 0.25) is 0 Å². The van der Waals surface area contributed by atoms with Crippen LogP contribution in [0.25, 0.3) is 22.2 Å². The molecule has 2 heterocycles. The predicted molar refractivity (Wildman–Crippen MR) is 96.9 cm³/mol. The molecule has 128 valence electrons. The van der Waals surface area contributed by atoms with Crippen molar-refractivity contribution in [2.24, 2.45) is 0 Å². The summed E-state index contributed by atoms with van der Waals surface area (Å²) in [5.74, 6) is 1.88. The van der Waals surface area contributed by atoms with E-state index in [0.29, 0.717) is 23.8 Å². The average Bonchev–Trinajstić information content (AvgIpc) is 3.09. The van der Waals surface area contributed by atoms with Crippen molar-refractivity contribution in [2.45, 2.75) is 26.2 Å². The van der Waals surface area contributed by atoms with Gasteiger partial charge in [-0.2, -0.15) is 0 Å². The highest BCUT2D eigenvalue weighted by Gasteiger charge is 2.23. The van der Waals surface area contributed by atoms with Gasteiger partial charge in [0.25, 0.3) is 0 Å². The number of nitrogens with two attached hydrogens (primary N) is 1. The summed E-state index contributed by atoms with van der Waals surface area (Å²) in [7, 11) is 1.65. The number of nitrogen functional groups attached to an aromatic ring is 1. The fraction of sp³-hybridized carbons (Fsp3) is 0.316. The Kier molecular flexibility index (Phi) is 3.87. The van der Waals surface area contributed by atoms with Gasteiger partial charge in [-0.15, -0.1) is 0 Å². The highest BCUT2D eigenvalue weighted by molar-refractivity contribution is 6.01. The van der Waals surface area contributed by atoms with Crippen LogP contribution in [0.1, 0.15) is 24.6 Å². The van der Waals surface area contributed by atoms with Gasteiger partial charge in [0, 0.05) is 11.3 Å². The number of ether oxygens (including phenoxy) is 2. The van der Waals surface area contributed by atoms with Crippen molar-refractivity contribution in [3.63, 3.8) is 0 Å². The molecular weight excluding hydrogens is 316 g/mol. The lowest BCUT2D eigenvalue weighted by Gasteiger charge is -2.15. The third kappa shape index (κ3) is 2.54. The Hall–Kier alpha value is -2.89. The van der Waals surface area contributed by atoms with E-state index < -0.39 is 0 Å². The highest BCUT2D eigenvalue weighted by Crippen LogP contribution is 2.41. The second-order valence-corrected chi connectivity index (χ2v) is 6.02. The van der Waals surface area contributed by atoms with Crippen molar-refractivity contribution in [1.82, 2.24) is 15.0 Å². The van der Waals surface area contributed by atoms with Crippen molar-refractivity contribution >= 4 is 16.9 Å². The lowest BCUT2D eigenvalue weighted by molar-refractivity contribution is 0.311. The SMILES string of the molecule is CCOc1ccc(-c2c3c(nc4ncnc(N)c24)CCC3)cc1OC. The minimum Gasteiger partial charge on any atom is -0.493 e. The molecule has 0 bridgehead atoms. The van der Waals surface area contributed by atoms with Crippen molar-refractivity contribution in [1.29, 1.82) is 0 Å². The van der Waals surface area contributed by atoms with Crippen molar-refractivity contribution in [3.8, 4) is 22.6 Å². The number of hydrogen-bond donors (Lipinski definition) is 1. The Bertz CT molecular complexity index is 956. The fourth-order valence-corrected chi connectivity index (χ4v) is 3.53. The number of pyridine rings is 1. The van der Waals surface area contributed by atoms with Gasteiger partial charge in [0.05, 0.1) is 19.1 Å². The molecule has 0 amide bonds. The molecule has 25 heavy (non-hydrogen) atoms. The van der Waals surface area contributed by atoms with Gasteiger partial charge >= 0.3 is 0 Å². The Balaban J connectivity index is 2.01. The maximum absolute atomic E-state index is 6.19. The van der Waals surface area contributed by atoms with Crippen molar-refractivity contribution in [2.75, 3.05) is 19.5 Å². The second-order valence-electron chi connectivity index (χ2n) is 6.02. The number of fused-ring (bicyclic) bond motifs is 2. The van der Waals surface area contributed by atoms with Crippen LogP contribution in [0.4, 0.5) is 5.82 Å². The van der Waals surface area contributed by atoms with Gasteiger partial charge in [-0.3, -0.25) is 0 Å². The normalized spacial score (nSPS) is 13.0. The van der Waals surface area contributed by atoms with E-state index >= 15 is 0 Å². The fourth-order valence-electron chi connectivity index (χ4n) is 3.53. The maximum Gasteiger partial charge on any atom is 0.165 e. The average molecular weight is 336 g/mol. The van der Waals surface area contributed by atoms with Crippen LogP contribution in [-0.4, -0.2) is 28.7 Å². The first-order valence-corrected chi connectivity index (χ1v) is 8.46. The van der Waals surface area contributed by atoms with E-state index in [-0.39, 0.29) is 0 Å². The number of benzene rings is 1. The molecule has 1 aromatic carbocycles. The van der Waals surface area contributed by atoms with Crippen LogP contribution in [0, 0.1) is 0 Å². The first-order chi connectivity index (χ1) is 12.2. The molecule has 1 aliphatic rings. The zero-order valence-corrected chi connectivity index (χ0v) is 14.4. The first kappa shape index (κ1) is 15.6. The lowest BCUT2D eigenvalue weighted by Crippen LogP contribution is -2.02. The summed E-state index contributed by atoms with van der Waals surface area (Å²) in [6.45, 7) is 2.54. The summed E-state index contributed by atoms with van der Waals surface area (Å²) >= 11 is 0. The molecule has 1 aliphatic carbocycles. The molecule has 0 atom stereocenters. The lowest BCUT2D eigenvalue weighted by atomic mass is 9.95. The molecule has 0 saturated carbocycles. The molecule has 0 spiro atoms. The van der Waals surface area contributed by atoms with Crippen LogP contribution in [0.3, 0.4) is 0 Å². The molecule has 0 unspecified atom stereocenters. The number of aromatic nitrogens is 3. The van der Waals surface area contributed by atoms with E-state index in [0.717, 1.165) is 47.2 Å². The third-order valence-corrected chi connectivity index (χ3v) is 4.59. The summed E-state index contributed by atoms with van der Waals surface area (Å²) in [4.78, 5) is 13.2. The highest BCUT2D eigenvalue weighted by atomic mass is 16.5. The molecule has 3 aromatic rings. The molecule has 2 aromatic heterocycles. The second kappa shape index (κ2) is 6.20. The minimum atomic E-state index is 0.454. The Labute approximate surface area is 146 Å². The minimum absolute atomic E-state index is 0.454. The number of aryl methyl sites for hydroxylation is 1. The van der Waals surface area contributed by atoms with Crippen LogP contribution in [0.5, 0.6) is 11.5 Å². The van der Waals surface area contributed by atoms with Gasteiger partial charge in [-0.1, -0.05) is 6.07 Å². The van der Waals surface area contributed by atoms with Gasteiger partial charge < -0.3 is 15.2 Å². The largest absolute Gasteiger partial charge is 0.493 e. The van der Waals surface area contributed by atoms with E-state index in [9.17, 15) is 0 Å². The Morgan fingerprint density at radius 2 is 2.04 bits per heavy atom. The van der Waals surface area contributed by atoms with E-state index in [1.54, 1.807) is 7.11 Å². The molecule has 0 fully saturated rings. The van der Waals surface area contributed by atoms with E-state index in [1.165, 1.54) is 11.9 Å². The molecule has 6 nitrogen and oxygen atoms in total. The molecule has 0 aliphatic heterocycles. The number of nitrogens with zero attached hydrogens (tertiary/aromatic N) is 3. The number of anilines is 1. The summed E-state index contributed by atoms with van der Waals surface area (Å²) in [5.41, 5.74) is 11.3. The molecule has 2 N–H and O–H groups in total. The monoisotopic (exact) mass is 336 g/mol. The summed E-state index contributed by atoms with van der Waals surface area (Å²) < 4.78 is 11.2. The zero-order valence-electron chi connectivity index (χ0n) is 14.4. The van der Waals surface area contributed by atoms with E-state index in [2.05, 4.69) is 9.97 Å². The topological polar surface area (TPSA) is 83.2 Å². The maximum atomic E-state index is 6.19. The van der Waals surface area contributed by atoms with Gasteiger partial charge in [0.2, 0.25) is 0 Å². The summed E-state index contributed by atoms with van der Waals surface area (Å²) in [5, 5.41) is 0.814. The molecule has 6 heteroatoms. The van der Waals surface area contributed by atoms with E-state index in [4.69, 9.17) is 20.2 Å². The smallest absolute Gasteiger partial charge is 0.165 e. The Morgan fingerprint density at radius 1 is 1.16 bits per heavy atom. The molecule has 4 rings (SSSR count). The first-order valence-electron chi connectivity index (χ1n) is 8.46. The predicted octanol–water partition coefficient (Wildman–Crippen LogP) is 3.17. The number of methoxy groups -OCH3 is 1. The summed E-state index contributed by atoms with van der Waals surface area (Å²) in [6.07, 6.45) is 4.51. The van der Waals surface area contributed by atoms with Crippen LogP contribution < -0.4 is 15.2 Å². The third-order valence-electron chi connectivity index (χ3n) is 4.59. The Morgan fingerprint density at radius 3 is 2.84 bits per heavy atom. The molecule has 0 saturated heterocycles. The standard InChI is InChI=1S/C19H20N4O2/c1-3-25-14-8-7-11(9-15(14)24-2)16-12-5-4-6-13(12)23-19-17(16)18(20)21-10-22-19/h7-10H,3-6H2,1-2H3,(H2,20,21,22,23). The number of hydrogen-bond acceptors (Lipinski definition) is 6. The van der Waals surface area contributed by atoms with E-state index in [1.807, 2.05) is 25.1 Å². The number of rotatable bonds is 4. The van der Waals surface area contributed by atoms with Gasteiger partial charge in [-0.05, 0) is 49.4 Å². The van der Waals surface area contributed by atoms with Gasteiger partial charge in [-0.25, -0.2) is 15.0 Å². The van der Waals surface area contributed by atoms with Crippen LogP contribution in [0.15, 0.2) is 24.5 Å². The van der Waals surface area contributed by atoms with Crippen LogP contribution >= 0.6 is 0 Å². The van der Waals surface area contributed by atoms with Crippen LogP contribution in [-0.2, 0) is 12.8 Å². The summed E-state index contributed by atoms with van der Waals surface area (Å²) in [6, 6.07) is 5.96. The molecular formula is C19H20N4O2. The quantitative estimate of drug-likeness (QED) is 0.788. The van der Waals surface area contributed by atoms with Crippen molar-refractivity contribution < 1.29 is 9.47 Å².